The highest BCUT2D eigenvalue weighted by Crippen LogP contribution is 2.54. The van der Waals surface area contributed by atoms with Crippen molar-refractivity contribution in [2.45, 2.75) is 75.1 Å². The van der Waals surface area contributed by atoms with Gasteiger partial charge in [0, 0.05) is 6.04 Å². The number of fused-ring (bicyclic) bond motifs is 1. The fourth-order valence-corrected chi connectivity index (χ4v) is 7.35. The number of nitrogens with zero attached hydrogens (tertiary/aromatic N) is 4. The van der Waals surface area contributed by atoms with Crippen molar-refractivity contribution in [3.05, 3.63) is 11.5 Å². The van der Waals surface area contributed by atoms with Gasteiger partial charge in [0.05, 0.1) is 17.3 Å². The van der Waals surface area contributed by atoms with Crippen molar-refractivity contribution < 1.29 is 37.7 Å². The van der Waals surface area contributed by atoms with E-state index in [4.69, 9.17) is 16.3 Å². The Labute approximate surface area is 206 Å². The van der Waals surface area contributed by atoms with Crippen LogP contribution in [0.2, 0.25) is 5.28 Å². The van der Waals surface area contributed by atoms with Gasteiger partial charge in [-0.1, -0.05) is 13.3 Å². The third-order valence-corrected chi connectivity index (χ3v) is 12.4. The lowest BCUT2D eigenvalue weighted by molar-refractivity contribution is -0.0365. The van der Waals surface area contributed by atoms with Crippen LogP contribution in [0.5, 0.6) is 0 Å². The molecule has 2 aromatic heterocycles. The topological polar surface area (TPSA) is 197 Å². The molecular weight excluding hydrogens is 525 g/mol. The number of nitrogens with one attached hydrogen (secondary N) is 1. The number of aliphatic hydroxyl groups excluding tert-OH is 2. The molecule has 4 rings (SSSR count). The Kier molecular flexibility index (Phi) is 6.99. The van der Waals surface area contributed by atoms with Crippen LogP contribution >= 0.6 is 19.2 Å². The fraction of sp³-hybridized carbons (Fsp3) is 0.737. The molecule has 0 aromatic carbocycles. The molecular formula is C19H29ClN5O8PS. The monoisotopic (exact) mass is 553 g/mol. The molecule has 2 fully saturated rings. The molecule has 1 aliphatic heterocycles. The molecule has 1 saturated carbocycles. The van der Waals surface area contributed by atoms with Gasteiger partial charge in [0.2, 0.25) is 5.28 Å². The Morgan fingerprint density at radius 2 is 1.94 bits per heavy atom. The summed E-state index contributed by atoms with van der Waals surface area (Å²) in [5, 5.41) is 29.2. The van der Waals surface area contributed by atoms with E-state index in [1.165, 1.54) is 10.9 Å². The summed E-state index contributed by atoms with van der Waals surface area (Å²) in [4.78, 5) is 27.4. The Bertz CT molecular complexity index is 1270. The minimum atomic E-state index is -5.05. The molecule has 0 radical (unpaired) electrons. The van der Waals surface area contributed by atoms with Crippen LogP contribution in [0.3, 0.4) is 0 Å². The summed E-state index contributed by atoms with van der Waals surface area (Å²) in [5.41, 5.74) is 0.202. The third-order valence-electron chi connectivity index (χ3n) is 7.03. The molecule has 3 heterocycles. The number of rotatable bonds is 7. The van der Waals surface area contributed by atoms with Crippen LogP contribution in [-0.2, 0) is 19.1 Å². The maximum Gasteiger partial charge on any atom is 0.346 e. The maximum atomic E-state index is 12.8. The smallest absolute Gasteiger partial charge is 0.346 e. The predicted molar refractivity (Wildman–Crippen MR) is 127 cm³/mol. The van der Waals surface area contributed by atoms with Crippen molar-refractivity contribution >= 4 is 45.9 Å². The first-order valence-electron chi connectivity index (χ1n) is 11.1. The minimum absolute atomic E-state index is 0.0806. The SMILES string of the molecule is CC1CCCC1Nc1nc(Cl)nc2c1cnn2[C@@H]1O[C@H](CS(=O)(=O)C(C)(C)P(=O)(O)O)[C@@H](O)[C@H]1O. The van der Waals surface area contributed by atoms with E-state index in [2.05, 4.69) is 27.3 Å². The number of ether oxygens (including phenoxy) is 1. The number of hydrogen-bond acceptors (Lipinski definition) is 10. The van der Waals surface area contributed by atoms with Gasteiger partial charge in [-0.25, -0.2) is 13.1 Å². The Balaban J connectivity index is 1.63. The van der Waals surface area contributed by atoms with E-state index in [0.29, 0.717) is 17.1 Å². The van der Waals surface area contributed by atoms with Gasteiger partial charge in [-0.2, -0.15) is 15.1 Å². The van der Waals surface area contributed by atoms with Crippen LogP contribution in [0, 0.1) is 5.92 Å². The lowest BCUT2D eigenvalue weighted by atomic mass is 10.1. The molecule has 2 aliphatic rings. The summed E-state index contributed by atoms with van der Waals surface area (Å²) < 4.78 is 41.7. The largest absolute Gasteiger partial charge is 0.387 e. The molecule has 1 saturated heterocycles. The Hall–Kier alpha value is -1.38. The summed E-state index contributed by atoms with van der Waals surface area (Å²) in [5.74, 6) is -0.0362. The number of sulfone groups is 1. The van der Waals surface area contributed by atoms with Crippen LogP contribution in [-0.4, -0.2) is 82.8 Å². The zero-order valence-electron chi connectivity index (χ0n) is 19.3. The van der Waals surface area contributed by atoms with E-state index < -0.39 is 52.2 Å². The van der Waals surface area contributed by atoms with Gasteiger partial charge >= 0.3 is 7.60 Å². The standard InChI is InChI=1S/C19H29ClN5O8PS/c1-9-5-4-6-11(9)22-15-10-7-21-25(16(10)24-18(20)23-15)17-14(27)13(26)12(33-17)8-35(31,32)19(2,3)34(28,29)30/h7,9,11-14,17,26-27H,4-6,8H2,1-3H3,(H,22,23,24)(H2,28,29,30)/t9?,11?,12-,13-,14-,17-/m1/s1. The number of hydrogen-bond donors (Lipinski definition) is 5. The van der Waals surface area contributed by atoms with Gasteiger partial charge in [0.15, 0.2) is 26.2 Å². The number of aliphatic hydroxyl groups is 2. The zero-order valence-corrected chi connectivity index (χ0v) is 21.8. The Morgan fingerprint density at radius 3 is 2.54 bits per heavy atom. The summed E-state index contributed by atoms with van der Waals surface area (Å²) >= 11 is 6.15. The van der Waals surface area contributed by atoms with Crippen molar-refractivity contribution in [1.82, 2.24) is 19.7 Å². The fourth-order valence-electron chi connectivity index (χ4n) is 4.40. The average molecular weight is 554 g/mol. The molecule has 2 unspecified atom stereocenters. The van der Waals surface area contributed by atoms with E-state index >= 15 is 0 Å². The van der Waals surface area contributed by atoms with Crippen LogP contribution in [0.15, 0.2) is 6.20 Å². The highest BCUT2D eigenvalue weighted by molar-refractivity contribution is 7.99. The molecule has 6 atom stereocenters. The first-order chi connectivity index (χ1) is 16.1. The lowest BCUT2D eigenvalue weighted by Crippen LogP contribution is -2.41. The van der Waals surface area contributed by atoms with Gasteiger partial charge in [-0.15, -0.1) is 0 Å². The molecule has 0 spiro atoms. The molecule has 0 bridgehead atoms. The highest BCUT2D eigenvalue weighted by atomic mass is 35.5. The van der Waals surface area contributed by atoms with Crippen molar-refractivity contribution in [3.8, 4) is 0 Å². The zero-order chi connectivity index (χ0) is 25.9. The van der Waals surface area contributed by atoms with Gasteiger partial charge in [-0.3, -0.25) is 4.57 Å². The average Bonchev–Trinajstić information content (AvgIpc) is 3.41. The van der Waals surface area contributed by atoms with E-state index in [1.807, 2.05) is 0 Å². The van der Waals surface area contributed by atoms with Crippen molar-refractivity contribution in [2.75, 3.05) is 11.1 Å². The summed E-state index contributed by atoms with van der Waals surface area (Å²) in [6, 6.07) is 0.189. The van der Waals surface area contributed by atoms with Gasteiger partial charge in [-0.05, 0) is 44.2 Å². The second kappa shape index (κ2) is 9.18. The number of halogens is 1. The van der Waals surface area contributed by atoms with Gasteiger partial charge in [0.1, 0.15) is 24.1 Å². The summed E-state index contributed by atoms with van der Waals surface area (Å²) in [6.45, 7) is 3.94. The van der Waals surface area contributed by atoms with E-state index in [1.54, 1.807) is 0 Å². The van der Waals surface area contributed by atoms with E-state index in [-0.39, 0.29) is 17.0 Å². The minimum Gasteiger partial charge on any atom is -0.387 e. The molecule has 1 aliphatic carbocycles. The van der Waals surface area contributed by atoms with Crippen LogP contribution < -0.4 is 5.32 Å². The second-order valence-corrected chi connectivity index (χ2v) is 15.1. The normalized spacial score (nSPS) is 30.3. The number of anilines is 1. The predicted octanol–water partition coefficient (Wildman–Crippen LogP) is 1.03. The van der Waals surface area contributed by atoms with E-state index in [9.17, 15) is 33.0 Å². The molecule has 5 N–H and O–H groups in total. The number of aromatic nitrogens is 4. The molecule has 196 valence electrons. The van der Waals surface area contributed by atoms with Gasteiger partial charge < -0.3 is 30.1 Å². The summed E-state index contributed by atoms with van der Waals surface area (Å²) in [7, 11) is -9.52. The first kappa shape index (κ1) is 26.7. The van der Waals surface area contributed by atoms with Crippen molar-refractivity contribution in [2.24, 2.45) is 5.92 Å². The molecule has 0 amide bonds. The first-order valence-corrected chi connectivity index (χ1v) is 14.7. The third kappa shape index (κ3) is 4.71. The van der Waals surface area contributed by atoms with E-state index in [0.717, 1.165) is 33.1 Å². The summed E-state index contributed by atoms with van der Waals surface area (Å²) in [6.07, 6.45) is -1.48. The maximum absolute atomic E-state index is 12.8. The second-order valence-electron chi connectivity index (χ2n) is 9.65. The van der Waals surface area contributed by atoms with Crippen LogP contribution in [0.4, 0.5) is 5.82 Å². The molecule has 16 heteroatoms. The van der Waals surface area contributed by atoms with Gasteiger partial charge in [0.25, 0.3) is 0 Å². The van der Waals surface area contributed by atoms with Crippen molar-refractivity contribution in [1.29, 1.82) is 0 Å². The van der Waals surface area contributed by atoms with Crippen LogP contribution in [0.1, 0.15) is 46.3 Å². The highest BCUT2D eigenvalue weighted by Gasteiger charge is 2.54. The molecule has 13 nitrogen and oxygen atoms in total. The lowest BCUT2D eigenvalue weighted by Gasteiger charge is -2.27. The van der Waals surface area contributed by atoms with Crippen molar-refractivity contribution in [3.63, 3.8) is 0 Å². The quantitative estimate of drug-likeness (QED) is 0.241. The van der Waals surface area contributed by atoms with Crippen LogP contribution in [0.25, 0.3) is 11.0 Å². The Morgan fingerprint density at radius 1 is 1.26 bits per heavy atom. The molecule has 35 heavy (non-hydrogen) atoms. The molecule has 2 aromatic rings.